The van der Waals surface area contributed by atoms with E-state index in [4.69, 9.17) is 9.26 Å². The van der Waals surface area contributed by atoms with E-state index in [1.54, 1.807) is 28.6 Å². The summed E-state index contributed by atoms with van der Waals surface area (Å²) >= 11 is 0. The first-order valence-electron chi connectivity index (χ1n) is 11.6. The molecule has 1 fully saturated rings. The number of rotatable bonds is 8. The molecular formula is C25H29N3O5S. The molecule has 1 aliphatic rings. The van der Waals surface area contributed by atoms with Crippen LogP contribution in [0.25, 0.3) is 11.4 Å². The summed E-state index contributed by atoms with van der Waals surface area (Å²) in [4.78, 5) is 16.7. The van der Waals surface area contributed by atoms with Crippen LogP contribution < -0.4 is 0 Å². The Morgan fingerprint density at radius 2 is 1.68 bits per heavy atom. The van der Waals surface area contributed by atoms with Crippen LogP contribution in [0.1, 0.15) is 49.1 Å². The molecular weight excluding hydrogens is 454 g/mol. The molecule has 0 spiro atoms. The summed E-state index contributed by atoms with van der Waals surface area (Å²) < 4.78 is 37.7. The zero-order chi connectivity index (χ0) is 24.0. The maximum atomic E-state index is 12.9. The van der Waals surface area contributed by atoms with Crippen LogP contribution in [0.5, 0.6) is 0 Å². The molecule has 3 aromatic rings. The van der Waals surface area contributed by atoms with Gasteiger partial charge in [-0.25, -0.2) is 8.42 Å². The van der Waals surface area contributed by atoms with Crippen molar-refractivity contribution >= 4 is 16.0 Å². The average Bonchev–Trinajstić information content (AvgIpc) is 3.14. The van der Waals surface area contributed by atoms with E-state index in [9.17, 15) is 13.2 Å². The summed E-state index contributed by atoms with van der Waals surface area (Å²) in [5.41, 5.74) is 2.83. The van der Waals surface area contributed by atoms with E-state index >= 15 is 0 Å². The van der Waals surface area contributed by atoms with Gasteiger partial charge < -0.3 is 9.26 Å². The fourth-order valence-electron chi connectivity index (χ4n) is 3.85. The van der Waals surface area contributed by atoms with E-state index in [0.29, 0.717) is 30.2 Å². The molecule has 0 saturated carbocycles. The van der Waals surface area contributed by atoms with Crippen LogP contribution in [0.3, 0.4) is 0 Å². The second kappa shape index (κ2) is 10.9. The first-order chi connectivity index (χ1) is 16.4. The van der Waals surface area contributed by atoms with Gasteiger partial charge in [-0.05, 0) is 43.9 Å². The van der Waals surface area contributed by atoms with Gasteiger partial charge in [-0.3, -0.25) is 4.79 Å². The number of carbonyl (C=O) groups is 1. The van der Waals surface area contributed by atoms with Gasteiger partial charge in [0.1, 0.15) is 0 Å². The van der Waals surface area contributed by atoms with Gasteiger partial charge in [0.15, 0.2) is 6.61 Å². The van der Waals surface area contributed by atoms with Gasteiger partial charge in [0.2, 0.25) is 15.8 Å². The molecule has 2 aromatic carbocycles. The van der Waals surface area contributed by atoms with Crippen LogP contribution in [0.4, 0.5) is 0 Å². The van der Waals surface area contributed by atoms with Crippen molar-refractivity contribution in [3.63, 3.8) is 0 Å². The van der Waals surface area contributed by atoms with Gasteiger partial charge in [0.25, 0.3) is 5.89 Å². The van der Waals surface area contributed by atoms with E-state index < -0.39 is 16.0 Å². The average molecular weight is 484 g/mol. The molecule has 2 heterocycles. The van der Waals surface area contributed by atoms with Crippen molar-refractivity contribution in [3.05, 3.63) is 65.5 Å². The lowest BCUT2D eigenvalue weighted by Crippen LogP contribution is -2.31. The van der Waals surface area contributed by atoms with Gasteiger partial charge in [0.05, 0.1) is 4.90 Å². The molecule has 34 heavy (non-hydrogen) atoms. The highest BCUT2D eigenvalue weighted by molar-refractivity contribution is 7.89. The van der Waals surface area contributed by atoms with Crippen LogP contribution >= 0.6 is 0 Å². The van der Waals surface area contributed by atoms with Crippen molar-refractivity contribution in [2.45, 2.75) is 57.0 Å². The molecule has 1 aliphatic heterocycles. The maximum Gasteiger partial charge on any atom is 0.306 e. The summed E-state index contributed by atoms with van der Waals surface area (Å²) in [6.45, 7) is 3.05. The minimum absolute atomic E-state index is 0.0925. The number of aryl methyl sites for hydroxylation is 2. The third-order valence-corrected chi connectivity index (χ3v) is 7.79. The number of aromatic nitrogens is 2. The van der Waals surface area contributed by atoms with Crippen molar-refractivity contribution in [1.29, 1.82) is 0 Å². The van der Waals surface area contributed by atoms with Crippen molar-refractivity contribution < 1.29 is 22.5 Å². The summed E-state index contributed by atoms with van der Waals surface area (Å²) in [5.74, 6) is 0.282. The molecule has 1 aromatic heterocycles. The van der Waals surface area contributed by atoms with E-state index in [1.165, 1.54) is 0 Å². The third-order valence-electron chi connectivity index (χ3n) is 5.88. The predicted molar refractivity (Wildman–Crippen MR) is 126 cm³/mol. The Morgan fingerprint density at radius 1 is 1.00 bits per heavy atom. The first-order valence-corrected chi connectivity index (χ1v) is 13.0. The first kappa shape index (κ1) is 24.1. The highest BCUT2D eigenvalue weighted by atomic mass is 32.2. The highest BCUT2D eigenvalue weighted by Gasteiger charge is 2.25. The van der Waals surface area contributed by atoms with Crippen molar-refractivity contribution in [2.75, 3.05) is 13.1 Å². The van der Waals surface area contributed by atoms with Gasteiger partial charge in [0, 0.05) is 25.1 Å². The molecule has 1 saturated heterocycles. The number of hydrogen-bond donors (Lipinski definition) is 0. The Kier molecular flexibility index (Phi) is 7.74. The fourth-order valence-corrected chi connectivity index (χ4v) is 5.37. The van der Waals surface area contributed by atoms with Crippen LogP contribution in [0, 0.1) is 6.92 Å². The molecule has 0 amide bonds. The van der Waals surface area contributed by atoms with Gasteiger partial charge in [-0.1, -0.05) is 60.0 Å². The van der Waals surface area contributed by atoms with Gasteiger partial charge in [-0.2, -0.15) is 9.29 Å². The summed E-state index contributed by atoms with van der Waals surface area (Å²) in [6.07, 6.45) is 4.55. The maximum absolute atomic E-state index is 12.9. The smallest absolute Gasteiger partial charge is 0.306 e. The van der Waals surface area contributed by atoms with Gasteiger partial charge in [-0.15, -0.1) is 0 Å². The van der Waals surface area contributed by atoms with Crippen molar-refractivity contribution in [1.82, 2.24) is 14.4 Å². The zero-order valence-corrected chi connectivity index (χ0v) is 20.1. The van der Waals surface area contributed by atoms with Crippen LogP contribution in [0.2, 0.25) is 0 Å². The highest BCUT2D eigenvalue weighted by Crippen LogP contribution is 2.21. The standard InChI is InChI=1S/C25H29N3O5S/c1-19-6-11-21(12-7-19)25-26-23(33-27-25)18-32-24(29)15-10-20-8-13-22(14-9-20)34(30,31)28-16-4-2-3-5-17-28/h6-9,11-14H,2-5,10,15-18H2,1H3. The Labute approximate surface area is 200 Å². The predicted octanol–water partition coefficient (Wildman–Crippen LogP) is 4.29. The number of carbonyl (C=O) groups excluding carboxylic acids is 1. The molecule has 180 valence electrons. The Balaban J connectivity index is 1.26. The quantitative estimate of drug-likeness (QED) is 0.441. The van der Waals surface area contributed by atoms with E-state index in [1.807, 2.05) is 31.2 Å². The molecule has 0 bridgehead atoms. The second-order valence-electron chi connectivity index (χ2n) is 8.50. The number of ether oxygens (including phenoxy) is 1. The minimum Gasteiger partial charge on any atom is -0.456 e. The molecule has 0 atom stereocenters. The SMILES string of the molecule is Cc1ccc(-c2noc(COC(=O)CCc3ccc(S(=O)(=O)N4CCCCCC4)cc3)n2)cc1. The van der Waals surface area contributed by atoms with Gasteiger partial charge >= 0.3 is 5.97 Å². The summed E-state index contributed by atoms with van der Waals surface area (Å²) in [5, 5.41) is 3.92. The number of hydrogen-bond acceptors (Lipinski definition) is 7. The van der Waals surface area contributed by atoms with Crippen LogP contribution in [-0.4, -0.2) is 41.9 Å². The molecule has 4 rings (SSSR count). The fraction of sp³-hybridized carbons (Fsp3) is 0.400. The van der Waals surface area contributed by atoms with E-state index in [2.05, 4.69) is 10.1 Å². The third kappa shape index (κ3) is 6.09. The molecule has 0 unspecified atom stereocenters. The number of esters is 1. The Hall–Kier alpha value is -3.04. The van der Waals surface area contributed by atoms with Crippen LogP contribution in [0.15, 0.2) is 57.9 Å². The molecule has 0 aliphatic carbocycles. The lowest BCUT2D eigenvalue weighted by Gasteiger charge is -2.20. The largest absolute Gasteiger partial charge is 0.456 e. The molecule has 9 heteroatoms. The zero-order valence-electron chi connectivity index (χ0n) is 19.3. The Bertz CT molecular complexity index is 1200. The van der Waals surface area contributed by atoms with E-state index in [-0.39, 0.29) is 18.9 Å². The molecule has 0 radical (unpaired) electrons. The normalized spacial score (nSPS) is 15.1. The summed E-state index contributed by atoms with van der Waals surface area (Å²) in [6, 6.07) is 14.5. The minimum atomic E-state index is -3.47. The van der Waals surface area contributed by atoms with Crippen molar-refractivity contribution in [3.8, 4) is 11.4 Å². The van der Waals surface area contributed by atoms with E-state index in [0.717, 1.165) is 42.4 Å². The summed E-state index contributed by atoms with van der Waals surface area (Å²) in [7, 11) is -3.47. The number of nitrogens with zero attached hydrogens (tertiary/aromatic N) is 3. The monoisotopic (exact) mass is 483 g/mol. The lowest BCUT2D eigenvalue weighted by atomic mass is 10.1. The molecule has 0 N–H and O–H groups in total. The lowest BCUT2D eigenvalue weighted by molar-refractivity contribution is -0.145. The van der Waals surface area contributed by atoms with Crippen molar-refractivity contribution in [2.24, 2.45) is 0 Å². The second-order valence-corrected chi connectivity index (χ2v) is 10.4. The number of sulfonamides is 1. The number of benzene rings is 2. The molecule has 8 nitrogen and oxygen atoms in total. The Morgan fingerprint density at radius 3 is 2.35 bits per heavy atom. The topological polar surface area (TPSA) is 103 Å². The van der Waals surface area contributed by atoms with Crippen LogP contribution in [-0.2, 0) is 32.6 Å².